The molecule has 0 aromatic heterocycles. The molecule has 0 aromatic rings. The van der Waals surface area contributed by atoms with Crippen molar-refractivity contribution < 1.29 is 20.1 Å². The molecule has 330 valence electrons. The summed E-state index contributed by atoms with van der Waals surface area (Å²) in [5.41, 5.74) is 0. The predicted octanol–water partition coefficient (Wildman–Crippen LogP) is 14.7. The maximum Gasteiger partial charge on any atom is 0.222 e. The Kier molecular flexibility index (Phi) is 45.1. The Labute approximate surface area is 349 Å². The molecule has 0 aliphatic heterocycles. The Balaban J connectivity index is 3.49. The minimum absolute atomic E-state index is 0.00489. The zero-order chi connectivity index (χ0) is 40.8. The summed E-state index contributed by atoms with van der Waals surface area (Å²) in [5, 5.41) is 33.1. The first-order valence-electron chi connectivity index (χ1n) is 24.8. The Morgan fingerprint density at radius 2 is 0.768 bits per heavy atom. The lowest BCUT2D eigenvalue weighted by molar-refractivity contribution is -0.124. The Hall–Kier alpha value is -1.43. The summed E-state index contributed by atoms with van der Waals surface area (Å²) < 4.78 is 0. The Morgan fingerprint density at radius 3 is 1.11 bits per heavy atom. The number of aliphatic hydroxyl groups excluding tert-OH is 3. The van der Waals surface area contributed by atoms with Gasteiger partial charge in [-0.05, 0) is 38.5 Å². The lowest BCUT2D eigenvalue weighted by Crippen LogP contribution is -2.45. The number of unbranched alkanes of at least 4 members (excludes halogenated alkanes) is 32. The van der Waals surface area contributed by atoms with Crippen molar-refractivity contribution in [1.82, 2.24) is 5.32 Å². The van der Waals surface area contributed by atoms with Gasteiger partial charge in [0.05, 0.1) is 31.3 Å². The van der Waals surface area contributed by atoms with Crippen molar-refractivity contribution >= 4 is 5.91 Å². The summed E-state index contributed by atoms with van der Waals surface area (Å²) in [4.78, 5) is 12.4. The zero-order valence-electron chi connectivity index (χ0n) is 37.5. The van der Waals surface area contributed by atoms with Gasteiger partial charge in [0.2, 0.25) is 5.91 Å². The molecule has 0 radical (unpaired) electrons. The van der Waals surface area contributed by atoms with Crippen LogP contribution in [0.5, 0.6) is 0 Å². The average molecular weight is 788 g/mol. The first-order chi connectivity index (χ1) is 27.5. The molecule has 4 N–H and O–H groups in total. The highest BCUT2D eigenvalue weighted by Gasteiger charge is 2.20. The number of carbonyl (C=O) groups excluding carboxylic acids is 1. The van der Waals surface area contributed by atoms with Crippen molar-refractivity contribution in [2.24, 2.45) is 0 Å². The minimum Gasteiger partial charge on any atom is -0.394 e. The number of hydrogen-bond donors (Lipinski definition) is 4. The number of rotatable bonds is 45. The third-order valence-electron chi connectivity index (χ3n) is 11.4. The Bertz CT molecular complexity index is 870. The number of allylic oxidation sites excluding steroid dienone is 5. The van der Waals surface area contributed by atoms with Crippen LogP contribution in [0.3, 0.4) is 0 Å². The van der Waals surface area contributed by atoms with Gasteiger partial charge in [0, 0.05) is 0 Å². The van der Waals surface area contributed by atoms with E-state index in [0.717, 1.165) is 44.9 Å². The molecule has 0 aliphatic rings. The minimum atomic E-state index is -0.956. The number of aliphatic hydroxyl groups is 3. The number of carbonyl (C=O) groups is 1. The largest absolute Gasteiger partial charge is 0.394 e. The molecule has 3 atom stereocenters. The van der Waals surface area contributed by atoms with Crippen LogP contribution in [0, 0.1) is 0 Å². The second-order valence-corrected chi connectivity index (χ2v) is 17.1. The van der Waals surface area contributed by atoms with E-state index in [1.54, 1.807) is 6.08 Å². The predicted molar refractivity (Wildman–Crippen MR) is 245 cm³/mol. The van der Waals surface area contributed by atoms with Crippen LogP contribution < -0.4 is 5.32 Å². The van der Waals surface area contributed by atoms with Crippen LogP contribution in [-0.4, -0.2) is 46.1 Å². The van der Waals surface area contributed by atoms with E-state index in [1.807, 2.05) is 6.08 Å². The van der Waals surface area contributed by atoms with Gasteiger partial charge in [-0.3, -0.25) is 4.79 Å². The van der Waals surface area contributed by atoms with E-state index in [2.05, 4.69) is 43.5 Å². The highest BCUT2D eigenvalue weighted by Crippen LogP contribution is 2.17. The van der Waals surface area contributed by atoms with Crippen molar-refractivity contribution in [3.63, 3.8) is 0 Å². The maximum atomic E-state index is 12.4. The van der Waals surface area contributed by atoms with E-state index in [1.165, 1.54) is 186 Å². The van der Waals surface area contributed by atoms with Crippen LogP contribution in [0.2, 0.25) is 0 Å². The van der Waals surface area contributed by atoms with E-state index in [0.29, 0.717) is 6.42 Å². The van der Waals surface area contributed by atoms with Gasteiger partial charge >= 0.3 is 0 Å². The number of amides is 1. The Morgan fingerprint density at radius 1 is 0.446 bits per heavy atom. The first kappa shape index (κ1) is 54.6. The molecule has 0 bridgehead atoms. The van der Waals surface area contributed by atoms with E-state index < -0.39 is 18.2 Å². The summed E-state index contributed by atoms with van der Waals surface area (Å²) in [5.74, 6) is -0.328. The molecular formula is C51H97NO4. The van der Waals surface area contributed by atoms with Gasteiger partial charge in [0.25, 0.3) is 0 Å². The average Bonchev–Trinajstić information content (AvgIpc) is 3.19. The number of hydrogen-bond acceptors (Lipinski definition) is 4. The van der Waals surface area contributed by atoms with Gasteiger partial charge in [-0.25, -0.2) is 0 Å². The second kappa shape index (κ2) is 46.3. The maximum absolute atomic E-state index is 12.4. The van der Waals surface area contributed by atoms with Crippen LogP contribution in [0.15, 0.2) is 36.5 Å². The van der Waals surface area contributed by atoms with Crippen molar-refractivity contribution in [3.8, 4) is 0 Å². The second-order valence-electron chi connectivity index (χ2n) is 17.1. The molecule has 0 spiro atoms. The van der Waals surface area contributed by atoms with E-state index in [4.69, 9.17) is 0 Å². The molecule has 1 amide bonds. The van der Waals surface area contributed by atoms with Crippen LogP contribution >= 0.6 is 0 Å². The molecular weight excluding hydrogens is 691 g/mol. The summed E-state index contributed by atoms with van der Waals surface area (Å²) in [6.45, 7) is 4.13. The lowest BCUT2D eigenvalue weighted by Gasteiger charge is -2.21. The van der Waals surface area contributed by atoms with Crippen molar-refractivity contribution in [2.75, 3.05) is 6.61 Å². The van der Waals surface area contributed by atoms with Crippen LogP contribution in [0.25, 0.3) is 0 Å². The van der Waals surface area contributed by atoms with Gasteiger partial charge in [-0.1, -0.05) is 249 Å². The molecule has 0 aliphatic carbocycles. The fraction of sp³-hybridized carbons (Fsp3) is 0.863. The summed E-state index contributed by atoms with van der Waals surface area (Å²) >= 11 is 0. The highest BCUT2D eigenvalue weighted by molar-refractivity contribution is 5.76. The third kappa shape index (κ3) is 42.2. The normalized spacial score (nSPS) is 13.7. The standard InChI is InChI=1S/C51H97NO4/c1-3-5-7-9-11-13-15-16-17-18-19-20-21-22-23-24-25-26-27-28-29-30-31-32-33-35-36-38-40-42-44-48(54)46-51(56)52-49(47-53)50(55)45-43-41-39-37-34-14-12-10-8-6-4-2/h8,10,34,37,43,45,48-50,53-55H,3-7,9,11-33,35-36,38-42,44,46-47H2,1-2H3,(H,52,56)/b10-8+,37-34+,45-43+. The molecule has 0 heterocycles. The molecule has 0 rings (SSSR count). The van der Waals surface area contributed by atoms with Crippen LogP contribution in [-0.2, 0) is 4.79 Å². The van der Waals surface area contributed by atoms with E-state index in [9.17, 15) is 20.1 Å². The smallest absolute Gasteiger partial charge is 0.222 e. The van der Waals surface area contributed by atoms with E-state index in [-0.39, 0.29) is 18.9 Å². The van der Waals surface area contributed by atoms with Gasteiger partial charge in [0.15, 0.2) is 0 Å². The van der Waals surface area contributed by atoms with Crippen molar-refractivity contribution in [2.45, 2.75) is 276 Å². The summed E-state index contributed by atoms with van der Waals surface area (Å²) in [7, 11) is 0. The fourth-order valence-corrected chi connectivity index (χ4v) is 7.62. The summed E-state index contributed by atoms with van der Waals surface area (Å²) in [6, 6.07) is -0.764. The van der Waals surface area contributed by atoms with E-state index >= 15 is 0 Å². The molecule has 5 nitrogen and oxygen atoms in total. The molecule has 0 aromatic carbocycles. The molecule has 0 saturated carbocycles. The highest BCUT2D eigenvalue weighted by atomic mass is 16.3. The van der Waals surface area contributed by atoms with Crippen molar-refractivity contribution in [3.05, 3.63) is 36.5 Å². The summed E-state index contributed by atoms with van der Waals surface area (Å²) in [6.07, 6.45) is 59.1. The topological polar surface area (TPSA) is 89.8 Å². The van der Waals surface area contributed by atoms with Crippen LogP contribution in [0.1, 0.15) is 258 Å². The van der Waals surface area contributed by atoms with Crippen LogP contribution in [0.4, 0.5) is 0 Å². The molecule has 56 heavy (non-hydrogen) atoms. The number of nitrogens with one attached hydrogen (secondary N) is 1. The van der Waals surface area contributed by atoms with Gasteiger partial charge in [0.1, 0.15) is 0 Å². The third-order valence-corrected chi connectivity index (χ3v) is 11.4. The molecule has 3 unspecified atom stereocenters. The zero-order valence-corrected chi connectivity index (χ0v) is 37.5. The van der Waals surface area contributed by atoms with Crippen molar-refractivity contribution in [1.29, 1.82) is 0 Å². The first-order valence-corrected chi connectivity index (χ1v) is 24.8. The molecule has 5 heteroatoms. The van der Waals surface area contributed by atoms with Gasteiger partial charge in [-0.15, -0.1) is 0 Å². The quantitative estimate of drug-likeness (QED) is 0.0365. The monoisotopic (exact) mass is 788 g/mol. The van der Waals surface area contributed by atoms with Gasteiger partial charge in [-0.2, -0.15) is 0 Å². The molecule has 0 saturated heterocycles. The van der Waals surface area contributed by atoms with Gasteiger partial charge < -0.3 is 20.6 Å². The lowest BCUT2D eigenvalue weighted by atomic mass is 10.0. The SMILES string of the molecule is CCC/C=C/CC/C=C/CC/C=C/C(O)C(CO)NC(=O)CC(O)CCCCCCCCCCCCCCCCCCCCCCCCCCCCCCCC. The fourth-order valence-electron chi connectivity index (χ4n) is 7.62. The molecule has 0 fully saturated rings.